The van der Waals surface area contributed by atoms with Gasteiger partial charge in [-0.3, -0.25) is 0 Å². The summed E-state index contributed by atoms with van der Waals surface area (Å²) in [4.78, 5) is 70.7. The van der Waals surface area contributed by atoms with Crippen molar-refractivity contribution >= 4 is 35.8 Å². The number of cyclic esters (lactones) is 4. The lowest BCUT2D eigenvalue weighted by Crippen LogP contribution is -2.08. The quantitative estimate of drug-likeness (QED) is 0.0585. The van der Waals surface area contributed by atoms with Gasteiger partial charge in [-0.2, -0.15) is 0 Å². The van der Waals surface area contributed by atoms with E-state index in [0.717, 1.165) is 38.5 Å². The van der Waals surface area contributed by atoms with Gasteiger partial charge in [0.25, 0.3) is 0 Å². The van der Waals surface area contributed by atoms with Crippen molar-refractivity contribution in [3.63, 3.8) is 0 Å². The third-order valence-corrected chi connectivity index (χ3v) is 8.27. The summed E-state index contributed by atoms with van der Waals surface area (Å²) < 4.78 is 19.7. The molecule has 0 bridgehead atoms. The highest BCUT2D eigenvalue weighted by molar-refractivity contribution is 6.16. The predicted molar refractivity (Wildman–Crippen MR) is 167 cm³/mol. The van der Waals surface area contributed by atoms with E-state index < -0.39 is 35.8 Å². The Hall–Kier alpha value is -4.34. The van der Waals surface area contributed by atoms with Gasteiger partial charge in [0.15, 0.2) is 0 Å². The standard InChI is InChI=1S/C36H42O10/c37-31(25-17-19-27-29(23-25)35(41)45-33(27)39)43-21-15-13-11-9-7-5-3-1-2-4-6-8-10-12-14-16-22-44-32(38)26-18-20-28-30(24-26)36(42)46-34(28)40/h17-20,23-24H,1-16,21-22H2. The molecule has 2 aliphatic rings. The first-order valence-corrected chi connectivity index (χ1v) is 16.5. The highest BCUT2D eigenvalue weighted by Gasteiger charge is 2.31. The molecular formula is C36H42O10. The average Bonchev–Trinajstić information content (AvgIpc) is 3.51. The van der Waals surface area contributed by atoms with E-state index in [1.54, 1.807) is 0 Å². The Kier molecular flexibility index (Phi) is 13.5. The fraction of sp³-hybridized carbons (Fsp3) is 0.500. The van der Waals surface area contributed by atoms with Crippen LogP contribution in [0.15, 0.2) is 36.4 Å². The maximum Gasteiger partial charge on any atom is 0.346 e. The maximum atomic E-state index is 12.2. The molecule has 0 saturated heterocycles. The van der Waals surface area contributed by atoms with E-state index in [1.807, 2.05) is 0 Å². The van der Waals surface area contributed by atoms with Crippen molar-refractivity contribution in [2.75, 3.05) is 13.2 Å². The van der Waals surface area contributed by atoms with E-state index in [2.05, 4.69) is 9.47 Å². The summed E-state index contributed by atoms with van der Waals surface area (Å²) in [5, 5.41) is 0. The van der Waals surface area contributed by atoms with Crippen molar-refractivity contribution < 1.29 is 47.7 Å². The fourth-order valence-electron chi connectivity index (χ4n) is 5.60. The molecule has 2 aliphatic heterocycles. The number of ether oxygens (including phenoxy) is 4. The molecular weight excluding hydrogens is 592 g/mol. The first-order chi connectivity index (χ1) is 22.3. The minimum atomic E-state index is -0.734. The van der Waals surface area contributed by atoms with Crippen LogP contribution in [0, 0.1) is 0 Å². The van der Waals surface area contributed by atoms with Gasteiger partial charge in [-0.05, 0) is 49.2 Å². The third-order valence-electron chi connectivity index (χ3n) is 8.27. The van der Waals surface area contributed by atoms with Crippen LogP contribution in [0.2, 0.25) is 0 Å². The highest BCUT2D eigenvalue weighted by Crippen LogP contribution is 2.23. The molecule has 0 aromatic heterocycles. The maximum absolute atomic E-state index is 12.2. The summed E-state index contributed by atoms with van der Waals surface area (Å²) in [6.07, 6.45) is 18.2. The molecule has 46 heavy (non-hydrogen) atoms. The number of benzene rings is 2. The molecule has 0 radical (unpaired) electrons. The number of unbranched alkanes of at least 4 members (excludes halogenated alkanes) is 15. The zero-order valence-electron chi connectivity index (χ0n) is 26.3. The van der Waals surface area contributed by atoms with Gasteiger partial charge in [-0.15, -0.1) is 0 Å². The molecule has 0 spiro atoms. The number of esters is 6. The molecule has 0 fully saturated rings. The van der Waals surface area contributed by atoms with Crippen molar-refractivity contribution in [1.82, 2.24) is 0 Å². The molecule has 246 valence electrons. The summed E-state index contributed by atoms with van der Waals surface area (Å²) >= 11 is 0. The van der Waals surface area contributed by atoms with Gasteiger partial charge in [0, 0.05) is 0 Å². The molecule has 2 aromatic carbocycles. The van der Waals surface area contributed by atoms with Gasteiger partial charge < -0.3 is 18.9 Å². The summed E-state index contributed by atoms with van der Waals surface area (Å²) in [7, 11) is 0. The van der Waals surface area contributed by atoms with Gasteiger partial charge >= 0.3 is 35.8 Å². The number of hydrogen-bond donors (Lipinski definition) is 0. The Morgan fingerprint density at radius 3 is 1.02 bits per heavy atom. The van der Waals surface area contributed by atoms with Crippen molar-refractivity contribution in [2.45, 2.75) is 103 Å². The molecule has 4 rings (SSSR count). The van der Waals surface area contributed by atoms with Crippen LogP contribution in [0.5, 0.6) is 0 Å². The van der Waals surface area contributed by atoms with Crippen LogP contribution in [0.3, 0.4) is 0 Å². The van der Waals surface area contributed by atoms with Gasteiger partial charge in [-0.25, -0.2) is 28.8 Å². The lowest BCUT2D eigenvalue weighted by molar-refractivity contribution is 0.0425. The smallest absolute Gasteiger partial charge is 0.346 e. The first kappa shape index (κ1) is 34.5. The van der Waals surface area contributed by atoms with Gasteiger partial charge in [0.05, 0.1) is 46.6 Å². The molecule has 2 aromatic rings. The SMILES string of the molecule is O=C(OCCCCCCCCCCCCCCCCCCOC(=O)c1ccc2c(c1)C(=O)OC2=O)c1ccc2c(c1)C(=O)OC2=O. The average molecular weight is 635 g/mol. The zero-order chi connectivity index (χ0) is 32.7. The van der Waals surface area contributed by atoms with Crippen molar-refractivity contribution in [3.8, 4) is 0 Å². The second-order valence-corrected chi connectivity index (χ2v) is 11.8. The van der Waals surface area contributed by atoms with Crippen LogP contribution < -0.4 is 0 Å². The van der Waals surface area contributed by atoms with Crippen LogP contribution in [-0.2, 0) is 18.9 Å². The van der Waals surface area contributed by atoms with Crippen molar-refractivity contribution in [2.24, 2.45) is 0 Å². The minimum Gasteiger partial charge on any atom is -0.462 e. The summed E-state index contributed by atoms with van der Waals surface area (Å²) in [6.45, 7) is 0.662. The Balaban J connectivity index is 0.878. The van der Waals surface area contributed by atoms with E-state index in [0.29, 0.717) is 13.2 Å². The highest BCUT2D eigenvalue weighted by atomic mass is 16.6. The molecule has 0 amide bonds. The topological polar surface area (TPSA) is 139 Å². The van der Waals surface area contributed by atoms with E-state index in [-0.39, 0.29) is 33.4 Å². The van der Waals surface area contributed by atoms with E-state index >= 15 is 0 Å². The molecule has 10 heteroatoms. The molecule has 0 atom stereocenters. The van der Waals surface area contributed by atoms with E-state index in [9.17, 15) is 28.8 Å². The van der Waals surface area contributed by atoms with Crippen molar-refractivity contribution in [1.29, 1.82) is 0 Å². The molecule has 0 N–H and O–H groups in total. The van der Waals surface area contributed by atoms with Crippen molar-refractivity contribution in [3.05, 3.63) is 69.8 Å². The molecule has 0 aliphatic carbocycles. The second kappa shape index (κ2) is 18.0. The third kappa shape index (κ3) is 10.1. The predicted octanol–water partition coefficient (Wildman–Crippen LogP) is 7.56. The van der Waals surface area contributed by atoms with Gasteiger partial charge in [0.1, 0.15) is 0 Å². The largest absolute Gasteiger partial charge is 0.462 e. The van der Waals surface area contributed by atoms with Gasteiger partial charge in [0.2, 0.25) is 0 Å². The Morgan fingerprint density at radius 2 is 0.696 bits per heavy atom. The monoisotopic (exact) mass is 634 g/mol. The van der Waals surface area contributed by atoms with Crippen LogP contribution in [-0.4, -0.2) is 49.0 Å². The first-order valence-electron chi connectivity index (χ1n) is 16.5. The van der Waals surface area contributed by atoms with Crippen LogP contribution in [0.25, 0.3) is 0 Å². The summed E-state index contributed by atoms with van der Waals surface area (Å²) in [5.41, 5.74) is 1.05. The molecule has 10 nitrogen and oxygen atoms in total. The molecule has 2 heterocycles. The van der Waals surface area contributed by atoms with Crippen LogP contribution >= 0.6 is 0 Å². The second-order valence-electron chi connectivity index (χ2n) is 11.8. The normalized spacial score (nSPS) is 13.3. The Labute approximate surface area is 269 Å². The summed E-state index contributed by atoms with van der Waals surface area (Å²) in [6, 6.07) is 8.49. The minimum absolute atomic E-state index is 0.106. The Morgan fingerprint density at radius 1 is 0.413 bits per heavy atom. The molecule has 0 unspecified atom stereocenters. The van der Waals surface area contributed by atoms with Crippen LogP contribution in [0.4, 0.5) is 0 Å². The fourth-order valence-corrected chi connectivity index (χ4v) is 5.60. The number of rotatable bonds is 21. The van der Waals surface area contributed by atoms with Gasteiger partial charge in [-0.1, -0.05) is 89.9 Å². The number of fused-ring (bicyclic) bond motifs is 2. The lowest BCUT2D eigenvalue weighted by Gasteiger charge is -2.06. The van der Waals surface area contributed by atoms with E-state index in [4.69, 9.17) is 9.47 Å². The number of hydrogen-bond acceptors (Lipinski definition) is 10. The number of carbonyl (C=O) groups excluding carboxylic acids is 6. The lowest BCUT2D eigenvalue weighted by atomic mass is 10.0. The zero-order valence-corrected chi connectivity index (χ0v) is 26.3. The van der Waals surface area contributed by atoms with E-state index in [1.165, 1.54) is 101 Å². The Bertz CT molecular complexity index is 1320. The summed E-state index contributed by atoms with van der Waals surface area (Å²) in [5.74, 6) is -3.85. The number of carbonyl (C=O) groups is 6. The molecule has 0 saturated carbocycles. The van der Waals surface area contributed by atoms with Crippen LogP contribution in [0.1, 0.15) is 165 Å².